The molecule has 0 unspecified atom stereocenters. The number of aliphatic hydroxyl groups is 1. The Hall–Kier alpha value is -1.46. The van der Waals surface area contributed by atoms with Gasteiger partial charge in [0, 0.05) is 13.1 Å². The molecule has 0 aliphatic carbocycles. The molecule has 1 aromatic rings. The van der Waals surface area contributed by atoms with Crippen molar-refractivity contribution in [2.75, 3.05) is 33.7 Å². The van der Waals surface area contributed by atoms with Crippen LogP contribution in [0.2, 0.25) is 0 Å². The molecule has 1 atom stereocenters. The molecule has 0 bridgehead atoms. The van der Waals surface area contributed by atoms with Gasteiger partial charge < -0.3 is 14.9 Å². The molecule has 1 amide bonds. The molecule has 1 aliphatic rings. The Morgan fingerprint density at radius 2 is 2.25 bits per heavy atom. The summed E-state index contributed by atoms with van der Waals surface area (Å²) in [5.74, 6) is -0.397. The molecule has 0 spiro atoms. The lowest BCUT2D eigenvalue weighted by Crippen LogP contribution is -2.43. The minimum atomic E-state index is -0.832. The number of carbonyl (C=O) groups is 1. The second-order valence-corrected chi connectivity index (χ2v) is 5.83. The molecule has 20 heavy (non-hydrogen) atoms. The summed E-state index contributed by atoms with van der Waals surface area (Å²) < 4.78 is 13.1. The number of rotatable bonds is 4. The van der Waals surface area contributed by atoms with E-state index < -0.39 is 5.60 Å². The topological polar surface area (TPSA) is 43.8 Å². The summed E-state index contributed by atoms with van der Waals surface area (Å²) >= 11 is 0. The van der Waals surface area contributed by atoms with Crippen molar-refractivity contribution in [2.45, 2.75) is 18.4 Å². The van der Waals surface area contributed by atoms with Crippen LogP contribution in [0.25, 0.3) is 0 Å². The molecule has 1 aromatic carbocycles. The third kappa shape index (κ3) is 3.77. The van der Waals surface area contributed by atoms with Gasteiger partial charge in [-0.05, 0) is 38.2 Å². The van der Waals surface area contributed by atoms with E-state index >= 15 is 0 Å². The van der Waals surface area contributed by atoms with Crippen LogP contribution < -0.4 is 0 Å². The van der Waals surface area contributed by atoms with Gasteiger partial charge in [0.15, 0.2) is 0 Å². The Morgan fingerprint density at radius 3 is 2.90 bits per heavy atom. The highest BCUT2D eigenvalue weighted by Crippen LogP contribution is 2.22. The van der Waals surface area contributed by atoms with E-state index in [0.717, 1.165) is 0 Å². The first kappa shape index (κ1) is 14.9. The van der Waals surface area contributed by atoms with Crippen molar-refractivity contribution in [3.63, 3.8) is 0 Å². The lowest BCUT2D eigenvalue weighted by atomic mass is 10.0. The second kappa shape index (κ2) is 5.89. The molecule has 4 nitrogen and oxygen atoms in total. The summed E-state index contributed by atoms with van der Waals surface area (Å²) in [6, 6.07) is 6.08. The molecular formula is C15H21FN2O2. The number of β-amino-alcohol motifs (C(OH)–C–C–N with tert-alkyl or cyclic N) is 1. The molecule has 0 radical (unpaired) electrons. The number of amides is 1. The Morgan fingerprint density at radius 1 is 1.50 bits per heavy atom. The summed E-state index contributed by atoms with van der Waals surface area (Å²) in [6.45, 7) is 1.44. The molecule has 0 saturated carbocycles. The van der Waals surface area contributed by atoms with Crippen molar-refractivity contribution in [3.8, 4) is 0 Å². The van der Waals surface area contributed by atoms with Crippen molar-refractivity contribution in [1.29, 1.82) is 0 Å². The zero-order valence-corrected chi connectivity index (χ0v) is 12.0. The maximum absolute atomic E-state index is 13.1. The fourth-order valence-electron chi connectivity index (χ4n) is 2.72. The Kier molecular flexibility index (Phi) is 4.40. The van der Waals surface area contributed by atoms with Gasteiger partial charge in [0.2, 0.25) is 5.91 Å². The standard InChI is InChI=1S/C15H21FN2O2/c1-17(2)10-15(20)6-7-18(11-15)14(19)9-12-4-3-5-13(16)8-12/h3-5,8,20H,6-7,9-11H2,1-2H3/t15-/m0/s1. The molecule has 5 heteroatoms. The van der Waals surface area contributed by atoms with Gasteiger partial charge in [0.1, 0.15) is 5.82 Å². The van der Waals surface area contributed by atoms with Crippen molar-refractivity contribution in [3.05, 3.63) is 35.6 Å². The zero-order chi connectivity index (χ0) is 14.8. The van der Waals surface area contributed by atoms with Crippen LogP contribution >= 0.6 is 0 Å². The van der Waals surface area contributed by atoms with Crippen molar-refractivity contribution < 1.29 is 14.3 Å². The number of carbonyl (C=O) groups excluding carboxylic acids is 1. The number of likely N-dealkylation sites (N-methyl/N-ethyl adjacent to an activating group) is 1. The SMILES string of the molecule is CN(C)C[C@@]1(O)CCN(C(=O)Cc2cccc(F)c2)C1. The van der Waals surface area contributed by atoms with Gasteiger partial charge in [-0.25, -0.2) is 4.39 Å². The maximum Gasteiger partial charge on any atom is 0.227 e. The molecular weight excluding hydrogens is 259 g/mol. The van der Waals surface area contributed by atoms with Gasteiger partial charge in [0.25, 0.3) is 0 Å². The minimum absolute atomic E-state index is 0.0646. The molecule has 1 aliphatic heterocycles. The van der Waals surface area contributed by atoms with Crippen molar-refractivity contribution >= 4 is 5.91 Å². The van der Waals surface area contributed by atoms with E-state index in [0.29, 0.717) is 31.6 Å². The quantitative estimate of drug-likeness (QED) is 0.891. The number of nitrogens with zero attached hydrogens (tertiary/aromatic N) is 2. The molecule has 1 fully saturated rings. The number of likely N-dealkylation sites (tertiary alicyclic amines) is 1. The van der Waals surface area contributed by atoms with Gasteiger partial charge in [-0.2, -0.15) is 0 Å². The van der Waals surface area contributed by atoms with Crippen LogP contribution in [0.15, 0.2) is 24.3 Å². The predicted molar refractivity (Wildman–Crippen MR) is 74.8 cm³/mol. The Balaban J connectivity index is 1.95. The molecule has 1 heterocycles. The predicted octanol–water partition coefficient (Wildman–Crippen LogP) is 0.893. The lowest BCUT2D eigenvalue weighted by Gasteiger charge is -2.26. The van der Waals surface area contributed by atoms with Crippen LogP contribution in [0.5, 0.6) is 0 Å². The third-order valence-electron chi connectivity index (χ3n) is 3.54. The number of benzene rings is 1. The fourth-order valence-corrected chi connectivity index (χ4v) is 2.72. The smallest absolute Gasteiger partial charge is 0.227 e. The average Bonchev–Trinajstić information content (AvgIpc) is 2.70. The number of hydrogen-bond acceptors (Lipinski definition) is 3. The van der Waals surface area contributed by atoms with E-state index in [9.17, 15) is 14.3 Å². The number of halogens is 1. The largest absolute Gasteiger partial charge is 0.387 e. The molecule has 1 saturated heterocycles. The van der Waals surface area contributed by atoms with E-state index in [4.69, 9.17) is 0 Å². The van der Waals surface area contributed by atoms with E-state index in [1.165, 1.54) is 12.1 Å². The first-order valence-electron chi connectivity index (χ1n) is 6.77. The van der Waals surface area contributed by atoms with E-state index in [2.05, 4.69) is 0 Å². The van der Waals surface area contributed by atoms with Crippen LogP contribution in [0.1, 0.15) is 12.0 Å². The first-order chi connectivity index (χ1) is 9.38. The molecule has 1 N–H and O–H groups in total. The summed E-state index contributed by atoms with van der Waals surface area (Å²) in [7, 11) is 3.80. The highest BCUT2D eigenvalue weighted by Gasteiger charge is 2.38. The van der Waals surface area contributed by atoms with Crippen LogP contribution in [0.4, 0.5) is 4.39 Å². The summed E-state index contributed by atoms with van der Waals surface area (Å²) in [5, 5.41) is 10.4. The first-order valence-corrected chi connectivity index (χ1v) is 6.77. The normalized spacial score (nSPS) is 22.6. The highest BCUT2D eigenvalue weighted by atomic mass is 19.1. The van der Waals surface area contributed by atoms with Crippen molar-refractivity contribution in [1.82, 2.24) is 9.80 Å². The van der Waals surface area contributed by atoms with Crippen LogP contribution in [-0.4, -0.2) is 60.1 Å². The van der Waals surface area contributed by atoms with Crippen LogP contribution in [0, 0.1) is 5.82 Å². The molecule has 0 aromatic heterocycles. The Labute approximate surface area is 118 Å². The molecule has 2 rings (SSSR count). The molecule has 110 valence electrons. The van der Waals surface area contributed by atoms with Gasteiger partial charge in [-0.1, -0.05) is 12.1 Å². The van der Waals surface area contributed by atoms with E-state index in [1.54, 1.807) is 17.0 Å². The highest BCUT2D eigenvalue weighted by molar-refractivity contribution is 5.79. The second-order valence-electron chi connectivity index (χ2n) is 5.83. The Bertz CT molecular complexity index is 493. The van der Waals surface area contributed by atoms with Gasteiger partial charge >= 0.3 is 0 Å². The average molecular weight is 280 g/mol. The van der Waals surface area contributed by atoms with Gasteiger partial charge in [-0.3, -0.25) is 4.79 Å². The van der Waals surface area contributed by atoms with Crippen molar-refractivity contribution in [2.24, 2.45) is 0 Å². The van der Waals surface area contributed by atoms with Crippen LogP contribution in [-0.2, 0) is 11.2 Å². The third-order valence-corrected chi connectivity index (χ3v) is 3.54. The van der Waals surface area contributed by atoms with E-state index in [1.807, 2.05) is 19.0 Å². The van der Waals surface area contributed by atoms with E-state index in [-0.39, 0.29) is 18.1 Å². The van der Waals surface area contributed by atoms with Crippen LogP contribution in [0.3, 0.4) is 0 Å². The maximum atomic E-state index is 13.1. The monoisotopic (exact) mass is 280 g/mol. The number of hydrogen-bond donors (Lipinski definition) is 1. The minimum Gasteiger partial charge on any atom is -0.387 e. The van der Waals surface area contributed by atoms with Gasteiger partial charge in [0.05, 0.1) is 18.6 Å². The lowest BCUT2D eigenvalue weighted by molar-refractivity contribution is -0.130. The fraction of sp³-hybridized carbons (Fsp3) is 0.533. The zero-order valence-electron chi connectivity index (χ0n) is 12.0. The summed E-state index contributed by atoms with van der Waals surface area (Å²) in [5.41, 5.74) is -0.167. The summed E-state index contributed by atoms with van der Waals surface area (Å²) in [6.07, 6.45) is 0.760. The summed E-state index contributed by atoms with van der Waals surface area (Å²) in [4.78, 5) is 15.8. The van der Waals surface area contributed by atoms with Gasteiger partial charge in [-0.15, -0.1) is 0 Å².